The number of para-hydroxylation sites is 1. The molecule has 0 saturated heterocycles. The van der Waals surface area contributed by atoms with Crippen LogP contribution in [0.3, 0.4) is 0 Å². The summed E-state index contributed by atoms with van der Waals surface area (Å²) in [6.07, 6.45) is 10.1. The van der Waals surface area contributed by atoms with Gasteiger partial charge in [-0.2, -0.15) is 14.7 Å². The molecule has 0 unspecified atom stereocenters. The van der Waals surface area contributed by atoms with Crippen LogP contribution in [0.25, 0.3) is 22.5 Å². The van der Waals surface area contributed by atoms with E-state index in [0.717, 1.165) is 76.2 Å². The number of esters is 1. The van der Waals surface area contributed by atoms with Gasteiger partial charge in [0.15, 0.2) is 11.5 Å². The predicted octanol–water partition coefficient (Wildman–Crippen LogP) is 9.00. The number of hydrogen-bond acceptors (Lipinski definition) is 8. The average Bonchev–Trinajstić information content (AvgIpc) is 3.72. The molecule has 1 saturated carbocycles. The van der Waals surface area contributed by atoms with Gasteiger partial charge in [-0.1, -0.05) is 57.5 Å². The average molecular weight is 784 g/mol. The number of fused-ring (bicyclic) bond motifs is 1. The molecule has 0 atom stereocenters. The topological polar surface area (TPSA) is 96.0 Å². The van der Waals surface area contributed by atoms with E-state index in [1.807, 2.05) is 65.0 Å². The highest BCUT2D eigenvalue weighted by Crippen LogP contribution is 2.43. The Balaban J connectivity index is 1.52. The fraction of sp³-hybridized carbons (Fsp3) is 0.568. The van der Waals surface area contributed by atoms with E-state index >= 15 is 0 Å². The van der Waals surface area contributed by atoms with Crippen molar-refractivity contribution in [3.63, 3.8) is 0 Å². The number of ether oxygens (including phenoxy) is 3. The van der Waals surface area contributed by atoms with Gasteiger partial charge in [-0.15, -0.1) is 0 Å². The molecular formula is C37H55BrN6O4Si2. The molecule has 3 aromatic heterocycles. The number of rotatable bonds is 17. The van der Waals surface area contributed by atoms with E-state index in [0.29, 0.717) is 45.6 Å². The summed E-state index contributed by atoms with van der Waals surface area (Å²) in [4.78, 5) is 19.8. The monoisotopic (exact) mass is 782 g/mol. The molecular weight excluding hydrogens is 729 g/mol. The molecule has 1 aliphatic carbocycles. The summed E-state index contributed by atoms with van der Waals surface area (Å²) in [6, 6.07) is 12.3. The van der Waals surface area contributed by atoms with Gasteiger partial charge in [-0.3, -0.25) is 4.79 Å². The first-order valence-corrected chi connectivity index (χ1v) is 26.3. The van der Waals surface area contributed by atoms with Crippen LogP contribution in [-0.2, 0) is 19.0 Å². The normalized spacial score (nSPS) is 17.0. The molecule has 1 aliphatic rings. The Morgan fingerprint density at radius 3 is 2.16 bits per heavy atom. The number of aromatic nitrogens is 5. The Bertz CT molecular complexity index is 1670. The first-order chi connectivity index (χ1) is 23.8. The van der Waals surface area contributed by atoms with Crippen LogP contribution in [0.5, 0.6) is 0 Å². The SMILES string of the molecule is CCOC(=O)CC1CCC(c2nc3c(-c4cnn(-c5ccccc5)c4)cnn3c(N(COCC[Si](C)(C)C)COCC[Si](C)(C)C)c2Br)CC1. The third kappa shape index (κ3) is 10.4. The fourth-order valence-electron chi connectivity index (χ4n) is 6.27. The van der Waals surface area contributed by atoms with Gasteiger partial charge >= 0.3 is 5.97 Å². The molecule has 1 fully saturated rings. The Morgan fingerprint density at radius 1 is 0.920 bits per heavy atom. The Hall–Kier alpha value is -2.85. The molecule has 0 bridgehead atoms. The molecule has 0 aliphatic heterocycles. The van der Waals surface area contributed by atoms with Crippen LogP contribution < -0.4 is 4.90 Å². The van der Waals surface area contributed by atoms with Gasteiger partial charge in [0.2, 0.25) is 0 Å². The van der Waals surface area contributed by atoms with Gasteiger partial charge < -0.3 is 19.1 Å². The van der Waals surface area contributed by atoms with Crippen molar-refractivity contribution in [2.75, 3.05) is 38.2 Å². The summed E-state index contributed by atoms with van der Waals surface area (Å²) in [5, 5.41) is 9.62. The lowest BCUT2D eigenvalue weighted by Gasteiger charge is -2.31. The number of carbonyl (C=O) groups is 1. The maximum atomic E-state index is 12.3. The van der Waals surface area contributed by atoms with E-state index in [9.17, 15) is 4.79 Å². The molecule has 50 heavy (non-hydrogen) atoms. The third-order valence-electron chi connectivity index (χ3n) is 9.29. The van der Waals surface area contributed by atoms with Gasteiger partial charge in [0, 0.05) is 59.0 Å². The number of benzene rings is 1. The summed E-state index contributed by atoms with van der Waals surface area (Å²) in [7, 11) is -2.54. The molecule has 0 spiro atoms. The Labute approximate surface area is 308 Å². The maximum absolute atomic E-state index is 12.3. The molecule has 0 amide bonds. The smallest absolute Gasteiger partial charge is 0.306 e. The van der Waals surface area contributed by atoms with E-state index in [4.69, 9.17) is 24.3 Å². The van der Waals surface area contributed by atoms with Crippen LogP contribution in [-0.4, -0.2) is 79.8 Å². The standard InChI is InChI=1S/C37H55BrN6O4Si2/c1-8-48-33(45)22-28-14-16-29(17-15-28)35-34(38)37(42(26-46-18-20-49(2,3)4)27-47-19-21-50(5,6)7)44-36(41-35)32(24-40-44)30-23-39-43(25-30)31-12-10-9-11-13-31/h9-13,23-25,28-29H,8,14-22,26-27H2,1-7H3. The molecule has 4 aromatic rings. The van der Waals surface area contributed by atoms with Crippen molar-refractivity contribution in [2.24, 2.45) is 5.92 Å². The molecule has 1 aromatic carbocycles. The molecule has 13 heteroatoms. The molecule has 5 rings (SSSR count). The van der Waals surface area contributed by atoms with Crippen molar-refractivity contribution in [3.8, 4) is 16.8 Å². The van der Waals surface area contributed by atoms with E-state index in [1.165, 1.54) is 0 Å². The van der Waals surface area contributed by atoms with E-state index < -0.39 is 16.1 Å². The lowest BCUT2D eigenvalue weighted by atomic mass is 9.79. The van der Waals surface area contributed by atoms with Gasteiger partial charge in [0.25, 0.3) is 0 Å². The van der Waals surface area contributed by atoms with Crippen LogP contribution in [0, 0.1) is 5.92 Å². The zero-order valence-corrected chi connectivity index (χ0v) is 34.5. The number of anilines is 1. The second-order valence-corrected chi connectivity index (χ2v) is 27.9. The van der Waals surface area contributed by atoms with Gasteiger partial charge in [-0.05, 0) is 78.7 Å². The van der Waals surface area contributed by atoms with Crippen molar-refractivity contribution >= 4 is 49.5 Å². The van der Waals surface area contributed by atoms with Crippen molar-refractivity contribution in [1.82, 2.24) is 24.4 Å². The zero-order chi connectivity index (χ0) is 35.9. The summed E-state index contributed by atoms with van der Waals surface area (Å²) in [5.41, 5.74) is 4.63. The van der Waals surface area contributed by atoms with E-state index in [1.54, 1.807) is 0 Å². The minimum absolute atomic E-state index is 0.0993. The highest BCUT2D eigenvalue weighted by molar-refractivity contribution is 9.10. The lowest BCUT2D eigenvalue weighted by molar-refractivity contribution is -0.144. The van der Waals surface area contributed by atoms with Crippen LogP contribution in [0.1, 0.15) is 50.6 Å². The lowest BCUT2D eigenvalue weighted by Crippen LogP contribution is -2.34. The highest BCUT2D eigenvalue weighted by Gasteiger charge is 2.31. The second kappa shape index (κ2) is 17.1. The van der Waals surface area contributed by atoms with Crippen LogP contribution in [0.4, 0.5) is 5.82 Å². The largest absolute Gasteiger partial charge is 0.466 e. The van der Waals surface area contributed by atoms with Crippen molar-refractivity contribution in [3.05, 3.63) is 59.1 Å². The molecule has 3 heterocycles. The first-order valence-electron chi connectivity index (χ1n) is 18.1. The summed E-state index contributed by atoms with van der Waals surface area (Å²) in [6.45, 7) is 18.7. The number of halogens is 1. The van der Waals surface area contributed by atoms with Crippen LogP contribution in [0.15, 0.2) is 53.4 Å². The predicted molar refractivity (Wildman–Crippen MR) is 210 cm³/mol. The van der Waals surface area contributed by atoms with Crippen molar-refractivity contribution < 1.29 is 19.0 Å². The third-order valence-corrected chi connectivity index (χ3v) is 13.5. The maximum Gasteiger partial charge on any atom is 0.306 e. The zero-order valence-electron chi connectivity index (χ0n) is 31.0. The quantitative estimate of drug-likeness (QED) is 0.0454. The first kappa shape index (κ1) is 38.4. The highest BCUT2D eigenvalue weighted by atomic mass is 79.9. The summed E-state index contributed by atoms with van der Waals surface area (Å²) < 4.78 is 22.7. The summed E-state index contributed by atoms with van der Waals surface area (Å²) >= 11 is 4.04. The van der Waals surface area contributed by atoms with E-state index in [-0.39, 0.29) is 11.9 Å². The molecule has 0 radical (unpaired) electrons. The van der Waals surface area contributed by atoms with Gasteiger partial charge in [-0.25, -0.2) is 9.67 Å². The van der Waals surface area contributed by atoms with Crippen LogP contribution >= 0.6 is 15.9 Å². The Morgan fingerprint density at radius 2 is 1.56 bits per heavy atom. The van der Waals surface area contributed by atoms with Crippen molar-refractivity contribution in [1.29, 1.82) is 0 Å². The molecule has 10 nitrogen and oxygen atoms in total. The van der Waals surface area contributed by atoms with Gasteiger partial charge in [0.1, 0.15) is 13.5 Å². The fourth-order valence-corrected chi connectivity index (χ4v) is 8.61. The number of carbonyl (C=O) groups excluding carboxylic acids is 1. The number of hydrogen-bond donors (Lipinski definition) is 0. The molecule has 272 valence electrons. The van der Waals surface area contributed by atoms with E-state index in [2.05, 4.69) is 65.2 Å². The van der Waals surface area contributed by atoms with Crippen molar-refractivity contribution in [2.45, 2.75) is 96.3 Å². The van der Waals surface area contributed by atoms with Gasteiger partial charge in [0.05, 0.1) is 34.9 Å². The van der Waals surface area contributed by atoms with Crippen LogP contribution in [0.2, 0.25) is 51.4 Å². The molecule has 0 N–H and O–H groups in total. The minimum Gasteiger partial charge on any atom is -0.466 e. The minimum atomic E-state index is -1.27. The second-order valence-electron chi connectivity index (χ2n) is 15.9. The number of nitrogens with zero attached hydrogens (tertiary/aromatic N) is 6. The Kier molecular flexibility index (Phi) is 13.1. The summed E-state index contributed by atoms with van der Waals surface area (Å²) in [5.74, 6) is 1.33.